The van der Waals surface area contributed by atoms with E-state index < -0.39 is 38.6 Å². The molecule has 3 aromatic carbocycles. The van der Waals surface area contributed by atoms with Crippen molar-refractivity contribution in [3.05, 3.63) is 89.7 Å². The van der Waals surface area contributed by atoms with E-state index in [0.717, 1.165) is 12.1 Å². The smallest absolute Gasteiger partial charge is 0.269 e. The van der Waals surface area contributed by atoms with E-state index in [1.54, 1.807) is 36.4 Å². The van der Waals surface area contributed by atoms with Crippen LogP contribution >= 0.6 is 0 Å². The molecule has 2 amide bonds. The molecule has 0 saturated carbocycles. The summed E-state index contributed by atoms with van der Waals surface area (Å²) in [6.45, 7) is 0.748. The quantitative estimate of drug-likeness (QED) is 0.427. The molecule has 1 heterocycles. The van der Waals surface area contributed by atoms with Crippen LogP contribution in [0.1, 0.15) is 15.9 Å². The predicted octanol–water partition coefficient (Wildman–Crippen LogP) is 1.95. The fraction of sp³-hybridized carbons (Fsp3) is 0.167. The molecule has 3 aromatic rings. The van der Waals surface area contributed by atoms with Crippen LogP contribution < -0.4 is 25.0 Å². The van der Waals surface area contributed by atoms with Gasteiger partial charge in [-0.25, -0.2) is 12.8 Å². The highest BCUT2D eigenvalue weighted by molar-refractivity contribution is 7.89. The van der Waals surface area contributed by atoms with Gasteiger partial charge in [0.15, 0.2) is 11.5 Å². The Bertz CT molecular complexity index is 1330. The van der Waals surface area contributed by atoms with Crippen LogP contribution in [0.5, 0.6) is 11.5 Å². The van der Waals surface area contributed by atoms with E-state index in [2.05, 4.69) is 15.6 Å². The monoisotopic (exact) mass is 499 g/mol. The van der Waals surface area contributed by atoms with Crippen molar-refractivity contribution in [2.24, 2.45) is 0 Å². The average Bonchev–Trinajstić information content (AvgIpc) is 2.87. The molecule has 0 unspecified atom stereocenters. The Morgan fingerprint density at radius 1 is 0.886 bits per heavy atom. The Balaban J connectivity index is 1.49. The number of halogens is 1. The first kappa shape index (κ1) is 24.2. The molecule has 0 aromatic heterocycles. The Morgan fingerprint density at radius 3 is 2.31 bits per heavy atom. The van der Waals surface area contributed by atoms with Gasteiger partial charge in [0, 0.05) is 5.56 Å². The molecule has 0 bridgehead atoms. The summed E-state index contributed by atoms with van der Waals surface area (Å²) in [5, 5.41) is 0. The minimum Gasteiger partial charge on any atom is -0.486 e. The number of ether oxygens (including phenoxy) is 2. The lowest BCUT2D eigenvalue weighted by Gasteiger charge is -2.20. The molecule has 9 nitrogen and oxygen atoms in total. The lowest BCUT2D eigenvalue weighted by Crippen LogP contribution is -2.53. The van der Waals surface area contributed by atoms with Crippen molar-refractivity contribution in [2.75, 3.05) is 13.2 Å². The summed E-state index contributed by atoms with van der Waals surface area (Å²) in [5.41, 5.74) is 5.35. The maximum Gasteiger partial charge on any atom is 0.269 e. The molecule has 0 aliphatic carbocycles. The number of carbonyl (C=O) groups is 2. The molecule has 1 aliphatic heterocycles. The standard InChI is InChI=1S/C24H22FN3O6S/c25-18-8-4-5-9-22(18)35(31,32)28-19(14-16-6-2-1-3-7-16)24(30)27-26-23(29)17-10-11-20-21(15-17)34-13-12-33-20/h1-11,15,19,28H,12-14H2,(H,26,29)(H,27,30)/t19-/m0/s1. The van der Waals surface area contributed by atoms with Crippen LogP contribution in [-0.4, -0.2) is 39.5 Å². The van der Waals surface area contributed by atoms with Crippen LogP contribution in [0.15, 0.2) is 77.7 Å². The number of hydrogen-bond donors (Lipinski definition) is 3. The fourth-order valence-corrected chi connectivity index (χ4v) is 4.69. The molecule has 0 saturated heterocycles. The van der Waals surface area contributed by atoms with Crippen molar-refractivity contribution in [3.8, 4) is 11.5 Å². The summed E-state index contributed by atoms with van der Waals surface area (Å²) in [7, 11) is -4.39. The number of rotatable bonds is 7. The van der Waals surface area contributed by atoms with Gasteiger partial charge >= 0.3 is 0 Å². The number of benzene rings is 3. The number of carbonyl (C=O) groups excluding carboxylic acids is 2. The summed E-state index contributed by atoms with van der Waals surface area (Å²) in [4.78, 5) is 24.9. The van der Waals surface area contributed by atoms with Crippen molar-refractivity contribution in [2.45, 2.75) is 17.4 Å². The lowest BCUT2D eigenvalue weighted by atomic mass is 10.1. The van der Waals surface area contributed by atoms with Crippen molar-refractivity contribution < 1.29 is 31.9 Å². The van der Waals surface area contributed by atoms with Gasteiger partial charge in [0.25, 0.3) is 11.8 Å². The van der Waals surface area contributed by atoms with E-state index in [9.17, 15) is 22.4 Å². The molecular weight excluding hydrogens is 477 g/mol. The van der Waals surface area contributed by atoms with Crippen LogP contribution in [0.2, 0.25) is 0 Å². The lowest BCUT2D eigenvalue weighted by molar-refractivity contribution is -0.123. The van der Waals surface area contributed by atoms with Gasteiger partial charge in [-0.3, -0.25) is 20.4 Å². The SMILES string of the molecule is O=C(NNC(=O)[C@H](Cc1ccccc1)NS(=O)(=O)c1ccccc1F)c1ccc2c(c1)OCCO2. The second-order valence-corrected chi connectivity index (χ2v) is 9.28. The van der Waals surface area contributed by atoms with Crippen LogP contribution in [-0.2, 0) is 21.2 Å². The number of nitrogens with one attached hydrogen (secondary N) is 3. The molecule has 1 aliphatic rings. The van der Waals surface area contributed by atoms with E-state index in [1.165, 1.54) is 24.3 Å². The third-order valence-corrected chi connectivity index (χ3v) is 6.63. The van der Waals surface area contributed by atoms with Crippen LogP contribution in [0.25, 0.3) is 0 Å². The molecule has 0 fully saturated rings. The molecule has 0 radical (unpaired) electrons. The highest BCUT2D eigenvalue weighted by Gasteiger charge is 2.28. The maximum absolute atomic E-state index is 14.1. The van der Waals surface area contributed by atoms with Crippen LogP contribution in [0.4, 0.5) is 4.39 Å². The number of hydrazine groups is 1. The molecule has 3 N–H and O–H groups in total. The van der Waals surface area contributed by atoms with Gasteiger partial charge in [-0.05, 0) is 42.3 Å². The van der Waals surface area contributed by atoms with Gasteiger partial charge in [0.05, 0.1) is 0 Å². The largest absolute Gasteiger partial charge is 0.486 e. The third kappa shape index (κ3) is 5.94. The Hall–Kier alpha value is -3.96. The van der Waals surface area contributed by atoms with Gasteiger partial charge in [-0.1, -0.05) is 42.5 Å². The van der Waals surface area contributed by atoms with Crippen molar-refractivity contribution in [1.29, 1.82) is 0 Å². The second-order valence-electron chi connectivity index (χ2n) is 7.60. The Morgan fingerprint density at radius 2 is 1.57 bits per heavy atom. The van der Waals surface area contributed by atoms with Crippen molar-refractivity contribution >= 4 is 21.8 Å². The molecule has 11 heteroatoms. The minimum absolute atomic E-state index is 0.0414. The third-order valence-electron chi connectivity index (χ3n) is 5.13. The first-order chi connectivity index (χ1) is 16.8. The summed E-state index contributed by atoms with van der Waals surface area (Å²) < 4.78 is 52.9. The van der Waals surface area contributed by atoms with Gasteiger partial charge in [-0.15, -0.1) is 0 Å². The maximum atomic E-state index is 14.1. The number of amides is 2. The molecule has 35 heavy (non-hydrogen) atoms. The van der Waals surface area contributed by atoms with Gasteiger partial charge < -0.3 is 9.47 Å². The van der Waals surface area contributed by atoms with E-state index in [4.69, 9.17) is 9.47 Å². The summed E-state index contributed by atoms with van der Waals surface area (Å²) in [6.07, 6.45) is -0.0414. The van der Waals surface area contributed by atoms with Crippen molar-refractivity contribution in [1.82, 2.24) is 15.6 Å². The van der Waals surface area contributed by atoms with Crippen LogP contribution in [0.3, 0.4) is 0 Å². The first-order valence-electron chi connectivity index (χ1n) is 10.6. The minimum atomic E-state index is -4.39. The van der Waals surface area contributed by atoms with Gasteiger partial charge in [0.2, 0.25) is 10.0 Å². The topological polar surface area (TPSA) is 123 Å². The molecule has 182 valence electrons. The van der Waals surface area contributed by atoms with E-state index >= 15 is 0 Å². The summed E-state index contributed by atoms with van der Waals surface area (Å²) in [5.74, 6) is -1.53. The predicted molar refractivity (Wildman–Crippen MR) is 124 cm³/mol. The first-order valence-corrected chi connectivity index (χ1v) is 12.1. The van der Waals surface area contributed by atoms with Crippen molar-refractivity contribution in [3.63, 3.8) is 0 Å². The molecular formula is C24H22FN3O6S. The normalized spacial score (nSPS) is 13.5. The Kier molecular flexibility index (Phi) is 7.28. The van der Waals surface area contributed by atoms with Gasteiger partial charge in [-0.2, -0.15) is 4.72 Å². The fourth-order valence-electron chi connectivity index (χ4n) is 3.41. The summed E-state index contributed by atoms with van der Waals surface area (Å²) in [6, 6.07) is 16.7. The molecule has 1 atom stereocenters. The number of fused-ring (bicyclic) bond motifs is 1. The van der Waals surface area contributed by atoms with E-state index in [1.807, 2.05) is 0 Å². The number of hydrogen-bond acceptors (Lipinski definition) is 6. The van der Waals surface area contributed by atoms with Crippen LogP contribution in [0, 0.1) is 5.82 Å². The molecule has 4 rings (SSSR count). The van der Waals surface area contributed by atoms with E-state index in [0.29, 0.717) is 30.3 Å². The zero-order valence-electron chi connectivity index (χ0n) is 18.4. The summed E-state index contributed by atoms with van der Waals surface area (Å²) >= 11 is 0. The highest BCUT2D eigenvalue weighted by atomic mass is 32.2. The number of sulfonamides is 1. The highest BCUT2D eigenvalue weighted by Crippen LogP contribution is 2.30. The average molecular weight is 500 g/mol. The zero-order valence-corrected chi connectivity index (χ0v) is 19.2. The second kappa shape index (κ2) is 10.5. The zero-order chi connectivity index (χ0) is 24.8. The van der Waals surface area contributed by atoms with E-state index in [-0.39, 0.29) is 12.0 Å². The molecule has 0 spiro atoms. The Labute approximate surface area is 201 Å². The van der Waals surface area contributed by atoms with Gasteiger partial charge in [0.1, 0.15) is 30.0 Å².